The van der Waals surface area contributed by atoms with Gasteiger partial charge < -0.3 is 23.2 Å². The summed E-state index contributed by atoms with van der Waals surface area (Å²) in [6.07, 6.45) is 0. The minimum atomic E-state index is -0.555. The molecule has 0 bridgehead atoms. The van der Waals surface area contributed by atoms with Crippen molar-refractivity contribution in [2.45, 2.75) is 6.61 Å². The quantitative estimate of drug-likeness (QED) is 0.492. The molecule has 0 fully saturated rings. The molecule has 1 aliphatic rings. The van der Waals surface area contributed by atoms with Crippen LogP contribution in [0.4, 0.5) is 0 Å². The topological polar surface area (TPSA) is 83.9 Å². The molecule has 3 heterocycles. The molecule has 0 saturated heterocycles. The fraction of sp³-hybridized carbons (Fsp3) is 0.143. The van der Waals surface area contributed by atoms with Crippen LogP contribution in [-0.4, -0.2) is 24.3 Å². The third-order valence-electron chi connectivity index (χ3n) is 4.36. The molecule has 4 aromatic rings. The molecule has 5 rings (SSSR count). The SMILES string of the molecule is O=C(OCc1cc(-c2ccc3c(c2)OCCO3)on1)c1cc2ccccc2o1. The Morgan fingerprint density at radius 1 is 1.00 bits per heavy atom. The summed E-state index contributed by atoms with van der Waals surface area (Å²) in [7, 11) is 0. The summed E-state index contributed by atoms with van der Waals surface area (Å²) in [4.78, 5) is 12.2. The lowest BCUT2D eigenvalue weighted by molar-refractivity contribution is 0.0430. The van der Waals surface area contributed by atoms with Crippen molar-refractivity contribution in [3.8, 4) is 22.8 Å². The minimum Gasteiger partial charge on any atom is -0.486 e. The molecule has 1 aliphatic heterocycles. The molecule has 0 amide bonds. The van der Waals surface area contributed by atoms with Crippen LogP contribution in [0, 0.1) is 0 Å². The minimum absolute atomic E-state index is 0.0239. The van der Waals surface area contributed by atoms with Gasteiger partial charge in [0.1, 0.15) is 31.1 Å². The highest BCUT2D eigenvalue weighted by atomic mass is 16.6. The van der Waals surface area contributed by atoms with Crippen molar-refractivity contribution >= 4 is 16.9 Å². The first-order valence-electron chi connectivity index (χ1n) is 8.77. The number of aromatic nitrogens is 1. The first-order chi connectivity index (χ1) is 13.8. The van der Waals surface area contributed by atoms with E-state index in [4.69, 9.17) is 23.2 Å². The summed E-state index contributed by atoms with van der Waals surface area (Å²) in [6, 6.07) is 16.3. The monoisotopic (exact) mass is 377 g/mol. The fourth-order valence-corrected chi connectivity index (χ4v) is 3.01. The van der Waals surface area contributed by atoms with Crippen molar-refractivity contribution in [1.29, 1.82) is 0 Å². The Morgan fingerprint density at radius 2 is 1.86 bits per heavy atom. The first kappa shape index (κ1) is 16.4. The lowest BCUT2D eigenvalue weighted by Crippen LogP contribution is -2.15. The van der Waals surface area contributed by atoms with Gasteiger partial charge in [-0.05, 0) is 30.3 Å². The van der Waals surface area contributed by atoms with E-state index in [1.54, 1.807) is 18.2 Å². The number of hydrogen-bond acceptors (Lipinski definition) is 7. The highest BCUT2D eigenvalue weighted by Crippen LogP contribution is 2.34. The zero-order valence-corrected chi connectivity index (χ0v) is 14.7. The Bertz CT molecular complexity index is 1130. The summed E-state index contributed by atoms with van der Waals surface area (Å²) in [6.45, 7) is 1.02. The molecular weight excluding hydrogens is 362 g/mol. The van der Waals surface area contributed by atoms with Crippen molar-refractivity contribution in [3.05, 3.63) is 66.1 Å². The van der Waals surface area contributed by atoms with Crippen molar-refractivity contribution in [1.82, 2.24) is 5.16 Å². The molecule has 0 spiro atoms. The van der Waals surface area contributed by atoms with Gasteiger partial charge in [-0.2, -0.15) is 0 Å². The molecule has 7 heteroatoms. The van der Waals surface area contributed by atoms with E-state index >= 15 is 0 Å². The molecule has 7 nitrogen and oxygen atoms in total. The fourth-order valence-electron chi connectivity index (χ4n) is 3.01. The van der Waals surface area contributed by atoms with E-state index in [1.807, 2.05) is 36.4 Å². The predicted molar refractivity (Wildman–Crippen MR) is 98.3 cm³/mol. The highest BCUT2D eigenvalue weighted by molar-refractivity contribution is 5.92. The Labute approximate surface area is 159 Å². The molecular formula is C21H15NO6. The molecule has 140 valence electrons. The van der Waals surface area contributed by atoms with Gasteiger partial charge in [0.2, 0.25) is 5.76 Å². The third kappa shape index (κ3) is 3.07. The van der Waals surface area contributed by atoms with E-state index in [-0.39, 0.29) is 12.4 Å². The number of para-hydroxylation sites is 1. The highest BCUT2D eigenvalue weighted by Gasteiger charge is 2.17. The molecule has 0 aliphatic carbocycles. The normalized spacial score (nSPS) is 12.9. The van der Waals surface area contributed by atoms with Gasteiger partial charge in [-0.15, -0.1) is 0 Å². The average Bonchev–Trinajstić information content (AvgIpc) is 3.39. The summed E-state index contributed by atoms with van der Waals surface area (Å²) in [5.41, 5.74) is 1.93. The number of furan rings is 1. The van der Waals surface area contributed by atoms with Crippen LogP contribution in [0.5, 0.6) is 11.5 Å². The maximum Gasteiger partial charge on any atom is 0.374 e. The second-order valence-corrected chi connectivity index (χ2v) is 6.27. The maximum atomic E-state index is 12.2. The van der Waals surface area contributed by atoms with Crippen LogP contribution in [0.2, 0.25) is 0 Å². The van der Waals surface area contributed by atoms with Crippen molar-refractivity contribution in [3.63, 3.8) is 0 Å². The van der Waals surface area contributed by atoms with Crippen LogP contribution in [0.25, 0.3) is 22.3 Å². The number of carbonyl (C=O) groups excluding carboxylic acids is 1. The van der Waals surface area contributed by atoms with Gasteiger partial charge in [-0.1, -0.05) is 23.4 Å². The van der Waals surface area contributed by atoms with Crippen LogP contribution in [0.3, 0.4) is 0 Å². The first-order valence-corrected chi connectivity index (χ1v) is 8.77. The van der Waals surface area contributed by atoms with E-state index in [2.05, 4.69) is 5.16 Å². The number of benzene rings is 2. The predicted octanol–water partition coefficient (Wildman–Crippen LogP) is 4.22. The van der Waals surface area contributed by atoms with Gasteiger partial charge in [0.25, 0.3) is 0 Å². The standard InChI is InChI=1S/C21H15NO6/c23-21(20-10-13-3-1-2-4-16(13)27-20)26-12-15-11-18(28-22-15)14-5-6-17-19(9-14)25-8-7-24-17/h1-6,9-11H,7-8,12H2. The van der Waals surface area contributed by atoms with E-state index in [9.17, 15) is 4.79 Å². The molecule has 0 radical (unpaired) electrons. The second kappa shape index (κ2) is 6.77. The van der Waals surface area contributed by atoms with Crippen molar-refractivity contribution < 1.29 is 27.9 Å². The van der Waals surface area contributed by atoms with Crippen LogP contribution in [0.1, 0.15) is 16.2 Å². The molecule has 2 aromatic heterocycles. The molecule has 0 saturated carbocycles. The average molecular weight is 377 g/mol. The van der Waals surface area contributed by atoms with Crippen LogP contribution >= 0.6 is 0 Å². The lowest BCUT2D eigenvalue weighted by atomic mass is 10.1. The van der Waals surface area contributed by atoms with Gasteiger partial charge in [0.05, 0.1) is 0 Å². The Kier molecular flexibility index (Phi) is 3.97. The van der Waals surface area contributed by atoms with Crippen molar-refractivity contribution in [2.24, 2.45) is 0 Å². The van der Waals surface area contributed by atoms with Crippen LogP contribution < -0.4 is 9.47 Å². The van der Waals surface area contributed by atoms with Gasteiger partial charge in [-0.25, -0.2) is 4.79 Å². The van der Waals surface area contributed by atoms with Crippen LogP contribution in [-0.2, 0) is 11.3 Å². The maximum absolute atomic E-state index is 12.2. The van der Waals surface area contributed by atoms with E-state index < -0.39 is 5.97 Å². The zero-order chi connectivity index (χ0) is 18.9. The van der Waals surface area contributed by atoms with Gasteiger partial charge in [0.15, 0.2) is 17.3 Å². The summed E-state index contributed by atoms with van der Waals surface area (Å²) in [5, 5.41) is 4.80. The molecule has 2 aromatic carbocycles. The zero-order valence-electron chi connectivity index (χ0n) is 14.7. The number of rotatable bonds is 4. The number of fused-ring (bicyclic) bond motifs is 2. The van der Waals surface area contributed by atoms with E-state index in [1.165, 1.54) is 0 Å². The number of esters is 1. The van der Waals surface area contributed by atoms with Crippen molar-refractivity contribution in [2.75, 3.05) is 13.2 Å². The number of carbonyl (C=O) groups is 1. The third-order valence-corrected chi connectivity index (χ3v) is 4.36. The Morgan fingerprint density at radius 3 is 2.75 bits per heavy atom. The molecule has 0 atom stereocenters. The molecule has 0 N–H and O–H groups in total. The number of hydrogen-bond donors (Lipinski definition) is 0. The molecule has 0 unspecified atom stereocenters. The molecule has 28 heavy (non-hydrogen) atoms. The van der Waals surface area contributed by atoms with E-state index in [0.717, 1.165) is 10.9 Å². The van der Waals surface area contributed by atoms with Gasteiger partial charge >= 0.3 is 5.97 Å². The summed E-state index contributed by atoms with van der Waals surface area (Å²) < 4.78 is 27.2. The smallest absolute Gasteiger partial charge is 0.374 e. The largest absolute Gasteiger partial charge is 0.486 e. The number of ether oxygens (including phenoxy) is 3. The van der Waals surface area contributed by atoms with Crippen LogP contribution in [0.15, 0.2) is 63.5 Å². The summed E-state index contributed by atoms with van der Waals surface area (Å²) in [5.74, 6) is 1.51. The second-order valence-electron chi connectivity index (χ2n) is 6.27. The van der Waals surface area contributed by atoms with Gasteiger partial charge in [-0.3, -0.25) is 0 Å². The van der Waals surface area contributed by atoms with Gasteiger partial charge in [0, 0.05) is 17.0 Å². The Hall–Kier alpha value is -3.74. The summed E-state index contributed by atoms with van der Waals surface area (Å²) >= 11 is 0. The lowest BCUT2D eigenvalue weighted by Gasteiger charge is -2.18. The Balaban J connectivity index is 1.28. The number of nitrogens with zero attached hydrogens (tertiary/aromatic N) is 1. The van der Waals surface area contributed by atoms with E-state index in [0.29, 0.717) is 41.7 Å².